The van der Waals surface area contributed by atoms with Gasteiger partial charge >= 0.3 is 0 Å². The zero-order chi connectivity index (χ0) is 13.8. The molecular formula is C18H20O. The van der Waals surface area contributed by atoms with Crippen molar-refractivity contribution in [1.29, 1.82) is 0 Å². The lowest BCUT2D eigenvalue weighted by Gasteiger charge is -1.98. The summed E-state index contributed by atoms with van der Waals surface area (Å²) in [7, 11) is 0. The van der Waals surface area contributed by atoms with E-state index in [0.717, 1.165) is 0 Å². The van der Waals surface area contributed by atoms with Crippen molar-refractivity contribution >= 4 is 0 Å². The molecular weight excluding hydrogens is 232 g/mol. The highest BCUT2D eigenvalue weighted by atomic mass is 16.5. The number of rotatable bonds is 5. The molecule has 1 nitrogen and oxygen atoms in total. The van der Waals surface area contributed by atoms with Gasteiger partial charge in [0.05, 0.1) is 13.2 Å². The lowest BCUT2D eigenvalue weighted by Crippen LogP contribution is -1.87. The molecule has 0 bridgehead atoms. The van der Waals surface area contributed by atoms with E-state index in [4.69, 9.17) is 4.74 Å². The lowest BCUT2D eigenvalue weighted by molar-refractivity contribution is 0.194. The largest absolute Gasteiger partial charge is 0.373 e. The summed E-state index contributed by atoms with van der Waals surface area (Å²) in [5.74, 6) is 0. The first-order valence-electron chi connectivity index (χ1n) is 6.28. The Morgan fingerprint density at radius 3 is 1.37 bits per heavy atom. The Kier molecular flexibility index (Phi) is 7.76. The maximum absolute atomic E-state index is 4.90. The van der Waals surface area contributed by atoms with Gasteiger partial charge in [0.2, 0.25) is 0 Å². The Balaban J connectivity index is 0.000000224. The van der Waals surface area contributed by atoms with Crippen molar-refractivity contribution in [1.82, 2.24) is 0 Å². The summed E-state index contributed by atoms with van der Waals surface area (Å²) in [6, 6.07) is 20.8. The highest BCUT2D eigenvalue weighted by molar-refractivity contribution is 5.62. The summed E-state index contributed by atoms with van der Waals surface area (Å²) >= 11 is 0. The molecule has 0 aliphatic heterocycles. The van der Waals surface area contributed by atoms with Gasteiger partial charge in [0.15, 0.2) is 0 Å². The molecule has 0 heterocycles. The Bertz CT molecular complexity index is 414. The van der Waals surface area contributed by atoms with Crippen molar-refractivity contribution in [3.8, 4) is 11.1 Å². The molecule has 0 aromatic heterocycles. The van der Waals surface area contributed by atoms with Crippen LogP contribution in [0.2, 0.25) is 0 Å². The van der Waals surface area contributed by atoms with Gasteiger partial charge in [0.1, 0.15) is 0 Å². The number of hydrogen-bond donors (Lipinski definition) is 0. The first-order chi connectivity index (χ1) is 9.38. The fourth-order valence-electron chi connectivity index (χ4n) is 1.50. The van der Waals surface area contributed by atoms with Gasteiger partial charge in [-0.3, -0.25) is 0 Å². The standard InChI is InChI=1S/C12H10.C6H10O/c1-3-7-11(8-4-1)12-9-5-2-6-10-12;1-3-5-7-6-4-2/h1-10H;3-4H,1-2,5-6H2. The number of ether oxygens (including phenoxy) is 1. The molecule has 98 valence electrons. The average Bonchev–Trinajstić information content (AvgIpc) is 2.50. The van der Waals surface area contributed by atoms with Gasteiger partial charge < -0.3 is 4.74 Å². The minimum atomic E-state index is 0.617. The Hall–Kier alpha value is -2.12. The van der Waals surface area contributed by atoms with Gasteiger partial charge in [-0.15, -0.1) is 13.2 Å². The Morgan fingerprint density at radius 2 is 1.05 bits per heavy atom. The fraction of sp³-hybridized carbons (Fsp3) is 0.111. The van der Waals surface area contributed by atoms with Crippen LogP contribution in [-0.4, -0.2) is 13.2 Å². The van der Waals surface area contributed by atoms with Crippen LogP contribution in [0.25, 0.3) is 11.1 Å². The van der Waals surface area contributed by atoms with E-state index in [1.165, 1.54) is 11.1 Å². The Morgan fingerprint density at radius 1 is 0.684 bits per heavy atom. The zero-order valence-electron chi connectivity index (χ0n) is 11.2. The Labute approximate surface area is 115 Å². The SMILES string of the molecule is C=CCOCC=C.c1ccc(-c2ccccc2)cc1. The van der Waals surface area contributed by atoms with Gasteiger partial charge in [-0.25, -0.2) is 0 Å². The van der Waals surface area contributed by atoms with Crippen LogP contribution >= 0.6 is 0 Å². The van der Waals surface area contributed by atoms with E-state index in [2.05, 4.69) is 61.7 Å². The highest BCUT2D eigenvalue weighted by Crippen LogP contribution is 2.17. The minimum absolute atomic E-state index is 0.617. The van der Waals surface area contributed by atoms with Crippen molar-refractivity contribution in [3.63, 3.8) is 0 Å². The quantitative estimate of drug-likeness (QED) is 0.552. The topological polar surface area (TPSA) is 9.23 Å². The molecule has 0 fully saturated rings. The molecule has 0 unspecified atom stereocenters. The summed E-state index contributed by atoms with van der Waals surface area (Å²) in [6.07, 6.45) is 3.42. The van der Waals surface area contributed by atoms with E-state index in [1.807, 2.05) is 12.1 Å². The summed E-state index contributed by atoms with van der Waals surface area (Å²) in [5.41, 5.74) is 2.55. The molecule has 19 heavy (non-hydrogen) atoms. The second kappa shape index (κ2) is 9.86. The van der Waals surface area contributed by atoms with E-state index in [1.54, 1.807) is 12.2 Å². The maximum atomic E-state index is 4.90. The van der Waals surface area contributed by atoms with Gasteiger partial charge in [-0.05, 0) is 11.1 Å². The normalized spacial score (nSPS) is 9.05. The summed E-state index contributed by atoms with van der Waals surface area (Å²) in [4.78, 5) is 0. The third-order valence-electron chi connectivity index (χ3n) is 2.35. The molecule has 1 heteroatoms. The van der Waals surface area contributed by atoms with E-state index >= 15 is 0 Å². The molecule has 0 spiro atoms. The smallest absolute Gasteiger partial charge is 0.0649 e. The summed E-state index contributed by atoms with van der Waals surface area (Å²) < 4.78 is 4.90. The van der Waals surface area contributed by atoms with Gasteiger partial charge in [0.25, 0.3) is 0 Å². The minimum Gasteiger partial charge on any atom is -0.373 e. The van der Waals surface area contributed by atoms with E-state index < -0.39 is 0 Å². The molecule has 2 aromatic carbocycles. The van der Waals surface area contributed by atoms with Crippen LogP contribution in [0.4, 0.5) is 0 Å². The molecule has 0 aliphatic rings. The van der Waals surface area contributed by atoms with Gasteiger partial charge in [0, 0.05) is 0 Å². The van der Waals surface area contributed by atoms with Crippen LogP contribution in [0.15, 0.2) is 86.0 Å². The summed E-state index contributed by atoms with van der Waals surface area (Å²) in [6.45, 7) is 8.18. The maximum Gasteiger partial charge on any atom is 0.0649 e. The van der Waals surface area contributed by atoms with E-state index in [0.29, 0.717) is 13.2 Å². The van der Waals surface area contributed by atoms with Crippen molar-refractivity contribution in [2.45, 2.75) is 0 Å². The van der Waals surface area contributed by atoms with Crippen LogP contribution in [0.5, 0.6) is 0 Å². The monoisotopic (exact) mass is 252 g/mol. The first-order valence-corrected chi connectivity index (χ1v) is 6.28. The van der Waals surface area contributed by atoms with Crippen LogP contribution < -0.4 is 0 Å². The van der Waals surface area contributed by atoms with Crippen molar-refractivity contribution in [2.75, 3.05) is 13.2 Å². The van der Waals surface area contributed by atoms with Crippen LogP contribution in [-0.2, 0) is 4.74 Å². The average molecular weight is 252 g/mol. The van der Waals surface area contributed by atoms with E-state index in [-0.39, 0.29) is 0 Å². The van der Waals surface area contributed by atoms with Crippen LogP contribution in [0, 0.1) is 0 Å². The number of benzene rings is 2. The van der Waals surface area contributed by atoms with Gasteiger partial charge in [-0.2, -0.15) is 0 Å². The predicted molar refractivity (Wildman–Crippen MR) is 83.1 cm³/mol. The van der Waals surface area contributed by atoms with Crippen molar-refractivity contribution in [2.24, 2.45) is 0 Å². The van der Waals surface area contributed by atoms with Crippen LogP contribution in [0.3, 0.4) is 0 Å². The third-order valence-corrected chi connectivity index (χ3v) is 2.35. The predicted octanol–water partition coefficient (Wildman–Crippen LogP) is 4.73. The third kappa shape index (κ3) is 6.39. The fourth-order valence-corrected chi connectivity index (χ4v) is 1.50. The molecule has 0 aliphatic carbocycles. The molecule has 0 atom stereocenters. The highest BCUT2D eigenvalue weighted by Gasteiger charge is 1.91. The first kappa shape index (κ1) is 14.9. The second-order valence-corrected chi connectivity index (χ2v) is 3.85. The molecule has 2 aromatic rings. The molecule has 0 amide bonds. The molecule has 0 N–H and O–H groups in total. The summed E-state index contributed by atoms with van der Waals surface area (Å²) in [5, 5.41) is 0. The molecule has 2 rings (SSSR count). The molecule has 0 radical (unpaired) electrons. The van der Waals surface area contributed by atoms with Crippen LogP contribution in [0.1, 0.15) is 0 Å². The second-order valence-electron chi connectivity index (χ2n) is 3.85. The van der Waals surface area contributed by atoms with E-state index in [9.17, 15) is 0 Å². The van der Waals surface area contributed by atoms with Crippen molar-refractivity contribution < 1.29 is 4.74 Å². The lowest BCUT2D eigenvalue weighted by atomic mass is 10.1. The van der Waals surface area contributed by atoms with Gasteiger partial charge in [-0.1, -0.05) is 72.8 Å². The molecule has 0 saturated heterocycles. The van der Waals surface area contributed by atoms with Crippen molar-refractivity contribution in [3.05, 3.63) is 86.0 Å². The zero-order valence-corrected chi connectivity index (χ0v) is 11.2. The number of hydrogen-bond acceptors (Lipinski definition) is 1. The molecule has 0 saturated carbocycles.